The molecule has 90 valence electrons. The van der Waals surface area contributed by atoms with Gasteiger partial charge in [-0.2, -0.15) is 0 Å². The molecule has 3 rings (SSSR count). The molecule has 1 aliphatic rings. The summed E-state index contributed by atoms with van der Waals surface area (Å²) >= 11 is 0. The molecule has 3 heteroatoms. The smallest absolute Gasteiger partial charge is 0.195 e. The first kappa shape index (κ1) is 10.8. The van der Waals surface area contributed by atoms with Crippen LogP contribution in [-0.4, -0.2) is 11.5 Å². The highest BCUT2D eigenvalue weighted by atomic mass is 16.3. The summed E-state index contributed by atoms with van der Waals surface area (Å²) in [5.74, 6) is 2.09. The predicted molar refractivity (Wildman–Crippen MR) is 67.9 cm³/mol. The summed E-state index contributed by atoms with van der Waals surface area (Å²) in [6.45, 7) is 2.91. The minimum absolute atomic E-state index is 0.589. The molecule has 0 aliphatic heterocycles. The Hall–Kier alpha value is -1.35. The summed E-state index contributed by atoms with van der Waals surface area (Å²) in [5, 5.41) is 0. The molecule has 2 atom stereocenters. The Morgan fingerprint density at radius 3 is 3.06 bits per heavy atom. The van der Waals surface area contributed by atoms with Gasteiger partial charge in [-0.05, 0) is 37.3 Å². The SMILES string of the molecule is CCCc1nc2cccc([C@@H]3C[C@H]3CN)c2o1. The number of benzene rings is 1. The molecule has 0 unspecified atom stereocenters. The Kier molecular flexibility index (Phi) is 2.63. The summed E-state index contributed by atoms with van der Waals surface area (Å²) in [6.07, 6.45) is 3.18. The molecule has 0 amide bonds. The lowest BCUT2D eigenvalue weighted by Gasteiger charge is -1.99. The minimum Gasteiger partial charge on any atom is -0.440 e. The molecule has 2 N–H and O–H groups in total. The number of nitrogens with two attached hydrogens (primary N) is 1. The summed E-state index contributed by atoms with van der Waals surface area (Å²) in [5.41, 5.74) is 8.99. The Labute approximate surface area is 101 Å². The maximum absolute atomic E-state index is 5.88. The summed E-state index contributed by atoms with van der Waals surface area (Å²) in [6, 6.07) is 6.26. The highest BCUT2D eigenvalue weighted by Crippen LogP contribution is 2.48. The van der Waals surface area contributed by atoms with Crippen LogP contribution in [0.15, 0.2) is 22.6 Å². The van der Waals surface area contributed by atoms with Gasteiger partial charge in [0.1, 0.15) is 5.52 Å². The summed E-state index contributed by atoms with van der Waals surface area (Å²) < 4.78 is 5.88. The molecule has 17 heavy (non-hydrogen) atoms. The molecule has 1 aromatic heterocycles. The van der Waals surface area contributed by atoms with Crippen molar-refractivity contribution in [3.8, 4) is 0 Å². The monoisotopic (exact) mass is 230 g/mol. The number of oxazole rings is 1. The van der Waals surface area contributed by atoms with Crippen molar-refractivity contribution >= 4 is 11.1 Å². The third-order valence-electron chi connectivity index (χ3n) is 3.58. The highest BCUT2D eigenvalue weighted by Gasteiger charge is 2.38. The average Bonchev–Trinajstić information content (AvgIpc) is 3.00. The zero-order valence-electron chi connectivity index (χ0n) is 10.1. The van der Waals surface area contributed by atoms with Crippen LogP contribution in [0.4, 0.5) is 0 Å². The zero-order valence-corrected chi connectivity index (χ0v) is 10.1. The fourth-order valence-corrected chi connectivity index (χ4v) is 2.52. The van der Waals surface area contributed by atoms with Crippen molar-refractivity contribution in [1.82, 2.24) is 4.98 Å². The van der Waals surface area contributed by atoms with Crippen molar-refractivity contribution in [2.24, 2.45) is 11.7 Å². The van der Waals surface area contributed by atoms with E-state index in [0.717, 1.165) is 36.4 Å². The predicted octanol–water partition coefficient (Wildman–Crippen LogP) is 2.84. The average molecular weight is 230 g/mol. The topological polar surface area (TPSA) is 52.0 Å². The number of hydrogen-bond donors (Lipinski definition) is 1. The normalized spacial score (nSPS) is 23.2. The quantitative estimate of drug-likeness (QED) is 0.878. The van der Waals surface area contributed by atoms with E-state index in [9.17, 15) is 0 Å². The van der Waals surface area contributed by atoms with E-state index in [-0.39, 0.29) is 0 Å². The highest BCUT2D eigenvalue weighted by molar-refractivity contribution is 5.77. The number of nitrogens with zero attached hydrogens (tertiary/aromatic N) is 1. The van der Waals surface area contributed by atoms with Gasteiger partial charge in [-0.15, -0.1) is 0 Å². The second-order valence-electron chi connectivity index (χ2n) is 4.89. The molecule has 1 heterocycles. The Morgan fingerprint density at radius 1 is 1.47 bits per heavy atom. The van der Waals surface area contributed by atoms with Crippen LogP contribution >= 0.6 is 0 Å². The van der Waals surface area contributed by atoms with Crippen LogP contribution in [0.25, 0.3) is 11.1 Å². The van der Waals surface area contributed by atoms with Crippen LogP contribution < -0.4 is 5.73 Å². The minimum atomic E-state index is 0.589. The van der Waals surface area contributed by atoms with Gasteiger partial charge in [0.25, 0.3) is 0 Å². The lowest BCUT2D eigenvalue weighted by molar-refractivity contribution is 0.522. The van der Waals surface area contributed by atoms with Crippen molar-refractivity contribution < 1.29 is 4.42 Å². The largest absolute Gasteiger partial charge is 0.440 e. The van der Waals surface area contributed by atoms with Gasteiger partial charge in [-0.25, -0.2) is 4.98 Å². The van der Waals surface area contributed by atoms with E-state index in [2.05, 4.69) is 24.0 Å². The van der Waals surface area contributed by atoms with Crippen LogP contribution in [-0.2, 0) is 6.42 Å². The number of fused-ring (bicyclic) bond motifs is 1. The van der Waals surface area contributed by atoms with E-state index in [4.69, 9.17) is 10.2 Å². The molecule has 1 aromatic carbocycles. The Bertz CT molecular complexity index is 532. The molecule has 1 saturated carbocycles. The molecule has 2 aromatic rings. The van der Waals surface area contributed by atoms with Crippen LogP contribution in [0.2, 0.25) is 0 Å². The van der Waals surface area contributed by atoms with Gasteiger partial charge in [0.05, 0.1) is 0 Å². The van der Waals surface area contributed by atoms with Gasteiger partial charge in [0.15, 0.2) is 11.5 Å². The molecule has 1 fully saturated rings. The molecule has 3 nitrogen and oxygen atoms in total. The van der Waals surface area contributed by atoms with Gasteiger partial charge in [0, 0.05) is 12.0 Å². The molecule has 0 saturated heterocycles. The Balaban J connectivity index is 2.00. The molecule has 0 spiro atoms. The number of rotatable bonds is 4. The van der Waals surface area contributed by atoms with Crippen molar-refractivity contribution in [1.29, 1.82) is 0 Å². The first-order chi connectivity index (χ1) is 8.33. The fraction of sp³-hybridized carbons (Fsp3) is 0.500. The van der Waals surface area contributed by atoms with Crippen LogP contribution in [0.3, 0.4) is 0 Å². The first-order valence-corrected chi connectivity index (χ1v) is 6.42. The van der Waals surface area contributed by atoms with Crippen molar-refractivity contribution in [2.75, 3.05) is 6.54 Å². The van der Waals surface area contributed by atoms with Crippen molar-refractivity contribution in [2.45, 2.75) is 32.1 Å². The van der Waals surface area contributed by atoms with Crippen LogP contribution in [0, 0.1) is 5.92 Å². The van der Waals surface area contributed by atoms with Gasteiger partial charge in [0.2, 0.25) is 0 Å². The summed E-state index contributed by atoms with van der Waals surface area (Å²) in [7, 11) is 0. The third kappa shape index (κ3) is 1.84. The second kappa shape index (κ2) is 4.15. The Morgan fingerprint density at radius 2 is 2.35 bits per heavy atom. The van der Waals surface area contributed by atoms with E-state index in [1.165, 1.54) is 12.0 Å². The van der Waals surface area contributed by atoms with E-state index >= 15 is 0 Å². The number of aryl methyl sites for hydroxylation is 1. The zero-order chi connectivity index (χ0) is 11.8. The number of hydrogen-bond acceptors (Lipinski definition) is 3. The van der Waals surface area contributed by atoms with Crippen LogP contribution in [0.5, 0.6) is 0 Å². The van der Waals surface area contributed by atoms with Gasteiger partial charge in [-0.3, -0.25) is 0 Å². The lowest BCUT2D eigenvalue weighted by Crippen LogP contribution is -2.01. The van der Waals surface area contributed by atoms with Crippen molar-refractivity contribution in [3.05, 3.63) is 29.7 Å². The standard InChI is InChI=1S/C14H18N2O/c1-2-4-13-16-12-6-3-5-10(14(12)17-13)11-7-9(11)8-15/h3,5-6,9,11H,2,4,7-8,15H2,1H3/t9-,11+/m0/s1. The van der Waals surface area contributed by atoms with E-state index < -0.39 is 0 Å². The lowest BCUT2D eigenvalue weighted by atomic mass is 10.1. The van der Waals surface area contributed by atoms with E-state index in [1.54, 1.807) is 0 Å². The third-order valence-corrected chi connectivity index (χ3v) is 3.58. The van der Waals surface area contributed by atoms with Crippen LogP contribution in [0.1, 0.15) is 37.1 Å². The molecule has 0 bridgehead atoms. The first-order valence-electron chi connectivity index (χ1n) is 6.42. The van der Waals surface area contributed by atoms with Crippen molar-refractivity contribution in [3.63, 3.8) is 0 Å². The van der Waals surface area contributed by atoms with E-state index in [1.807, 2.05) is 6.07 Å². The maximum atomic E-state index is 5.88. The molecular formula is C14H18N2O. The fourth-order valence-electron chi connectivity index (χ4n) is 2.52. The summed E-state index contributed by atoms with van der Waals surface area (Å²) in [4.78, 5) is 4.53. The molecule has 1 aliphatic carbocycles. The number of aromatic nitrogens is 1. The number of para-hydroxylation sites is 1. The van der Waals surface area contributed by atoms with E-state index in [0.29, 0.717) is 11.8 Å². The van der Waals surface area contributed by atoms with Gasteiger partial charge < -0.3 is 10.2 Å². The molecular weight excluding hydrogens is 212 g/mol. The second-order valence-corrected chi connectivity index (χ2v) is 4.89. The van der Waals surface area contributed by atoms with Gasteiger partial charge in [-0.1, -0.05) is 19.1 Å². The maximum Gasteiger partial charge on any atom is 0.195 e. The molecule has 0 radical (unpaired) electrons. The van der Waals surface area contributed by atoms with Gasteiger partial charge >= 0.3 is 0 Å².